The number of aryl methyl sites for hydroxylation is 1. The number of aromatic nitrogens is 4. The minimum atomic E-state index is -0.327. The summed E-state index contributed by atoms with van der Waals surface area (Å²) in [5, 5.41) is 4.34. The Labute approximate surface area is 178 Å². The van der Waals surface area contributed by atoms with Gasteiger partial charge in [0.25, 0.3) is 0 Å². The van der Waals surface area contributed by atoms with Gasteiger partial charge in [0, 0.05) is 28.7 Å². The number of nitrogens with one attached hydrogen (secondary N) is 3. The maximum absolute atomic E-state index is 11.7. The molecule has 1 unspecified atom stereocenters. The van der Waals surface area contributed by atoms with Crippen molar-refractivity contribution in [1.82, 2.24) is 25.3 Å². The van der Waals surface area contributed by atoms with Gasteiger partial charge in [0.15, 0.2) is 5.65 Å². The van der Waals surface area contributed by atoms with Crippen LogP contribution in [0.3, 0.4) is 0 Å². The number of carbonyl (C=O) groups is 1. The van der Waals surface area contributed by atoms with Crippen LogP contribution in [-0.2, 0) is 11.3 Å². The number of rotatable bonds is 8. The summed E-state index contributed by atoms with van der Waals surface area (Å²) in [5.41, 5.74) is 16.9. The first kappa shape index (κ1) is 20.2. The first-order valence-corrected chi connectivity index (χ1v) is 11.1. The van der Waals surface area contributed by atoms with Crippen LogP contribution in [0.2, 0.25) is 0 Å². The zero-order valence-electron chi connectivity index (χ0n) is 17.0. The Balaban J connectivity index is 1.61. The van der Waals surface area contributed by atoms with Gasteiger partial charge in [0.05, 0.1) is 11.6 Å². The molecule has 3 heterocycles. The van der Waals surface area contributed by atoms with Crippen LogP contribution in [0.4, 0.5) is 5.82 Å². The number of anilines is 1. The highest BCUT2D eigenvalue weighted by atomic mass is 32.2. The van der Waals surface area contributed by atoms with E-state index in [9.17, 15) is 4.79 Å². The molecule has 0 saturated carbocycles. The summed E-state index contributed by atoms with van der Waals surface area (Å²) in [5.74, 6) is 1.79. The molecule has 0 aliphatic carbocycles. The lowest BCUT2D eigenvalue weighted by Crippen LogP contribution is -2.41. The predicted molar refractivity (Wildman–Crippen MR) is 123 cm³/mol. The van der Waals surface area contributed by atoms with E-state index in [1.165, 1.54) is 0 Å². The number of nitrogens with two attached hydrogens (primary N) is 2. The number of nitrogens with zero attached hydrogens (tertiary/aromatic N) is 2. The molecule has 0 saturated heterocycles. The Morgan fingerprint density at radius 3 is 2.83 bits per heavy atom. The lowest BCUT2D eigenvalue weighted by molar-refractivity contribution is -0.120. The molecule has 0 bridgehead atoms. The van der Waals surface area contributed by atoms with E-state index in [0.717, 1.165) is 51.2 Å². The molecule has 0 fully saturated rings. The molecule has 30 heavy (non-hydrogen) atoms. The number of fused-ring (bicyclic) bond motifs is 2. The van der Waals surface area contributed by atoms with E-state index in [-0.39, 0.29) is 11.9 Å². The third kappa shape index (κ3) is 4.12. The molecular formula is C21H25N7OS. The fourth-order valence-electron chi connectivity index (χ4n) is 3.59. The van der Waals surface area contributed by atoms with Crippen LogP contribution in [0, 0.1) is 6.92 Å². The third-order valence-electron chi connectivity index (χ3n) is 5.08. The van der Waals surface area contributed by atoms with Crippen molar-refractivity contribution in [3.63, 3.8) is 0 Å². The van der Waals surface area contributed by atoms with Crippen LogP contribution in [0.5, 0.6) is 0 Å². The Morgan fingerprint density at radius 2 is 2.07 bits per heavy atom. The zero-order chi connectivity index (χ0) is 21.3. The van der Waals surface area contributed by atoms with Crippen molar-refractivity contribution in [1.29, 1.82) is 0 Å². The van der Waals surface area contributed by atoms with Gasteiger partial charge < -0.3 is 26.8 Å². The minimum Gasteiger partial charge on any atom is -0.384 e. The lowest BCUT2D eigenvalue weighted by Gasteiger charge is -2.14. The highest BCUT2D eigenvalue weighted by Gasteiger charge is 2.15. The van der Waals surface area contributed by atoms with Crippen LogP contribution in [0.25, 0.3) is 33.3 Å². The number of hydrogen-bond donors (Lipinski definition) is 5. The number of thioether (sulfide) groups is 1. The molecule has 7 N–H and O–H groups in total. The van der Waals surface area contributed by atoms with Gasteiger partial charge in [-0.25, -0.2) is 9.97 Å². The van der Waals surface area contributed by atoms with E-state index in [1.807, 2.05) is 31.4 Å². The van der Waals surface area contributed by atoms with E-state index in [1.54, 1.807) is 11.8 Å². The highest BCUT2D eigenvalue weighted by molar-refractivity contribution is 7.98. The van der Waals surface area contributed by atoms with Crippen LogP contribution >= 0.6 is 11.8 Å². The van der Waals surface area contributed by atoms with Gasteiger partial charge in [0.2, 0.25) is 5.91 Å². The largest absolute Gasteiger partial charge is 0.384 e. The second kappa shape index (κ2) is 8.37. The molecular weight excluding hydrogens is 398 g/mol. The van der Waals surface area contributed by atoms with E-state index in [0.29, 0.717) is 18.0 Å². The van der Waals surface area contributed by atoms with Crippen molar-refractivity contribution in [3.8, 4) is 11.3 Å². The summed E-state index contributed by atoms with van der Waals surface area (Å²) in [7, 11) is 0. The first-order valence-electron chi connectivity index (χ1n) is 9.71. The molecule has 1 amide bonds. The molecule has 8 nitrogen and oxygen atoms in total. The molecule has 9 heteroatoms. The molecule has 3 aromatic heterocycles. The number of benzene rings is 1. The van der Waals surface area contributed by atoms with Crippen molar-refractivity contribution in [2.45, 2.75) is 25.9 Å². The number of nitrogen functional groups attached to an aromatic ring is 1. The van der Waals surface area contributed by atoms with Crippen LogP contribution in [-0.4, -0.2) is 43.9 Å². The summed E-state index contributed by atoms with van der Waals surface area (Å²) in [6, 6.07) is 9.79. The highest BCUT2D eigenvalue weighted by Crippen LogP contribution is 2.30. The summed E-state index contributed by atoms with van der Waals surface area (Å²) in [4.78, 5) is 27.1. The smallest absolute Gasteiger partial charge is 0.234 e. The van der Waals surface area contributed by atoms with Gasteiger partial charge in [-0.15, -0.1) is 0 Å². The second-order valence-corrected chi connectivity index (χ2v) is 8.32. The summed E-state index contributed by atoms with van der Waals surface area (Å²) >= 11 is 1.70. The summed E-state index contributed by atoms with van der Waals surface area (Å²) in [6.07, 6.45) is 2.74. The molecule has 0 aliphatic heterocycles. The van der Waals surface area contributed by atoms with Crippen LogP contribution in [0.15, 0.2) is 30.3 Å². The van der Waals surface area contributed by atoms with Gasteiger partial charge >= 0.3 is 0 Å². The average Bonchev–Trinajstić information content (AvgIpc) is 3.29. The molecule has 0 spiro atoms. The molecule has 4 aromatic rings. The predicted octanol–water partition coefficient (Wildman–Crippen LogP) is 2.69. The van der Waals surface area contributed by atoms with Gasteiger partial charge in [-0.3, -0.25) is 4.79 Å². The lowest BCUT2D eigenvalue weighted by atomic mass is 10.1. The van der Waals surface area contributed by atoms with Gasteiger partial charge in [-0.2, -0.15) is 11.8 Å². The number of pyridine rings is 1. The monoisotopic (exact) mass is 423 g/mol. The van der Waals surface area contributed by atoms with Crippen molar-refractivity contribution < 1.29 is 4.79 Å². The number of hydrogen-bond acceptors (Lipinski definition) is 6. The minimum absolute atomic E-state index is 0.316. The fourth-order valence-corrected chi connectivity index (χ4v) is 4.07. The number of aromatic amines is 2. The maximum Gasteiger partial charge on any atom is 0.234 e. The van der Waals surface area contributed by atoms with Gasteiger partial charge in [-0.05, 0) is 55.2 Å². The van der Waals surface area contributed by atoms with Gasteiger partial charge in [-0.1, -0.05) is 6.07 Å². The van der Waals surface area contributed by atoms with Crippen molar-refractivity contribution in [2.24, 2.45) is 5.73 Å². The first-order chi connectivity index (χ1) is 14.4. The number of imidazole rings is 1. The second-order valence-electron chi connectivity index (χ2n) is 7.34. The Bertz CT molecular complexity index is 1210. The van der Waals surface area contributed by atoms with Crippen molar-refractivity contribution in [2.75, 3.05) is 17.7 Å². The summed E-state index contributed by atoms with van der Waals surface area (Å²) < 4.78 is 0. The van der Waals surface area contributed by atoms with Crippen LogP contribution < -0.4 is 16.8 Å². The Kier molecular flexibility index (Phi) is 5.65. The number of primary amides is 1. The molecule has 156 valence electrons. The fraction of sp³-hybridized carbons (Fsp3) is 0.286. The van der Waals surface area contributed by atoms with Crippen molar-refractivity contribution >= 4 is 45.6 Å². The molecule has 0 radical (unpaired) electrons. The molecule has 1 aromatic carbocycles. The number of amides is 1. The molecule has 1 atom stereocenters. The molecule has 4 rings (SSSR count). The SMILES string of the molecule is CSCCC(NCc1ccc2[nH]c(-c3cc(N)nc4nc(C)[nH]c34)cc2c1)C(N)=O. The van der Waals surface area contributed by atoms with E-state index >= 15 is 0 Å². The maximum atomic E-state index is 11.7. The van der Waals surface area contributed by atoms with E-state index in [2.05, 4.69) is 37.4 Å². The Hall–Kier alpha value is -3.04. The average molecular weight is 424 g/mol. The number of carbonyl (C=O) groups excluding carboxylic acids is 1. The third-order valence-corrected chi connectivity index (χ3v) is 5.73. The standard InChI is InChI=1S/C21H25N7OS/c1-11-25-19-14(9-18(22)28-21(19)26-11)17-8-13-7-12(3-4-15(13)27-17)10-24-16(20(23)29)5-6-30-2/h3-4,7-9,16,24,27H,5-6,10H2,1-2H3,(H2,23,29)(H3,22,25,26,28). The Morgan fingerprint density at radius 1 is 1.23 bits per heavy atom. The van der Waals surface area contributed by atoms with Crippen molar-refractivity contribution in [3.05, 3.63) is 41.7 Å². The zero-order valence-corrected chi connectivity index (χ0v) is 17.8. The topological polar surface area (TPSA) is 138 Å². The number of H-pyrrole nitrogens is 2. The van der Waals surface area contributed by atoms with Gasteiger partial charge in [0.1, 0.15) is 11.6 Å². The summed E-state index contributed by atoms with van der Waals surface area (Å²) in [6.45, 7) is 2.47. The normalized spacial score (nSPS) is 12.6. The van der Waals surface area contributed by atoms with E-state index in [4.69, 9.17) is 11.5 Å². The van der Waals surface area contributed by atoms with Crippen LogP contribution in [0.1, 0.15) is 17.8 Å². The van der Waals surface area contributed by atoms with E-state index < -0.39 is 0 Å². The molecule has 0 aliphatic rings. The quantitative estimate of drug-likeness (QED) is 0.295.